The fraction of sp³-hybridized carbons (Fsp3) is 0.486. The maximum Gasteiger partial charge on any atom is 0.455 e. The van der Waals surface area contributed by atoms with Crippen LogP contribution in [0.3, 0.4) is 0 Å². The molecule has 9 heteroatoms. The molecule has 2 heterocycles. The normalized spacial score (nSPS) is 26.2. The van der Waals surface area contributed by atoms with Gasteiger partial charge in [0.15, 0.2) is 11.5 Å². The summed E-state index contributed by atoms with van der Waals surface area (Å²) in [6.45, 7) is 2.12. The van der Waals surface area contributed by atoms with Crippen LogP contribution in [0.4, 0.5) is 0 Å². The number of halogens is 1. The Morgan fingerprint density at radius 1 is 1.11 bits per heavy atom. The molecule has 2 aromatic rings. The SMILES string of the molecule is CCC1=C2[C@@H](CC/C(=C/c3cc(I)c(O)c(OC)c3)c3ccccc3)OB(O)C[C@@H]2[C@@H]2C(=O)N(C3CCCCC3)C(=O)[C@@H]2C1. The molecule has 1 saturated carbocycles. The number of rotatable bonds is 8. The molecule has 0 radical (unpaired) electrons. The van der Waals surface area contributed by atoms with E-state index in [1.54, 1.807) is 12.0 Å². The monoisotopic (exact) mass is 709 g/mol. The minimum absolute atomic E-state index is 0.00249. The van der Waals surface area contributed by atoms with Gasteiger partial charge < -0.3 is 19.5 Å². The number of fused-ring (bicyclic) bond motifs is 3. The van der Waals surface area contributed by atoms with E-state index in [4.69, 9.17) is 9.39 Å². The first kappa shape index (κ1) is 31.4. The quantitative estimate of drug-likeness (QED) is 0.102. The molecule has 0 bridgehead atoms. The van der Waals surface area contributed by atoms with Crippen LogP contribution in [0.5, 0.6) is 11.5 Å². The fourth-order valence-electron chi connectivity index (χ4n) is 8.10. The van der Waals surface area contributed by atoms with Crippen LogP contribution in [-0.4, -0.2) is 53.2 Å². The van der Waals surface area contributed by atoms with Crippen LogP contribution < -0.4 is 4.74 Å². The Hall–Kier alpha value is -2.63. The molecule has 4 atom stereocenters. The molecule has 0 aromatic heterocycles. The predicted molar refractivity (Wildman–Crippen MR) is 180 cm³/mol. The Morgan fingerprint density at radius 3 is 2.57 bits per heavy atom. The molecule has 2 aliphatic heterocycles. The highest BCUT2D eigenvalue weighted by atomic mass is 127. The van der Waals surface area contributed by atoms with Gasteiger partial charge in [0.1, 0.15) is 0 Å². The van der Waals surface area contributed by atoms with E-state index in [0.29, 0.717) is 34.9 Å². The molecule has 0 unspecified atom stereocenters. The van der Waals surface area contributed by atoms with Crippen LogP contribution in [0, 0.1) is 21.3 Å². The van der Waals surface area contributed by atoms with Gasteiger partial charge in [0.05, 0.1) is 28.6 Å². The Morgan fingerprint density at radius 2 is 1.86 bits per heavy atom. The van der Waals surface area contributed by atoms with Gasteiger partial charge in [0, 0.05) is 6.04 Å². The third kappa shape index (κ3) is 5.99. The van der Waals surface area contributed by atoms with Gasteiger partial charge in [-0.1, -0.05) is 68.2 Å². The van der Waals surface area contributed by atoms with Crippen LogP contribution >= 0.6 is 22.6 Å². The minimum atomic E-state index is -0.982. The van der Waals surface area contributed by atoms with Crippen LogP contribution in [0.2, 0.25) is 6.32 Å². The van der Waals surface area contributed by atoms with Gasteiger partial charge in [-0.05, 0) is 108 Å². The number of nitrogens with zero attached hydrogens (tertiary/aromatic N) is 1. The number of amides is 2. The number of carbonyl (C=O) groups is 2. The first-order valence-electron chi connectivity index (χ1n) is 16.0. The Balaban J connectivity index is 1.30. The molecule has 2 amide bonds. The van der Waals surface area contributed by atoms with Crippen molar-refractivity contribution in [2.75, 3.05) is 7.11 Å². The van der Waals surface area contributed by atoms with E-state index in [9.17, 15) is 19.7 Å². The van der Waals surface area contributed by atoms with Gasteiger partial charge in [-0.15, -0.1) is 0 Å². The predicted octanol–water partition coefficient (Wildman–Crippen LogP) is 6.87. The van der Waals surface area contributed by atoms with Gasteiger partial charge in [0.25, 0.3) is 0 Å². The highest BCUT2D eigenvalue weighted by Gasteiger charge is 2.58. The summed E-state index contributed by atoms with van der Waals surface area (Å²) < 4.78 is 12.4. The van der Waals surface area contributed by atoms with Gasteiger partial charge in [0.2, 0.25) is 11.8 Å². The number of ether oxygens (including phenoxy) is 1. The molecule has 2 N–H and O–H groups in total. The molecule has 2 aliphatic carbocycles. The Bertz CT molecular complexity index is 1470. The zero-order valence-corrected chi connectivity index (χ0v) is 27.7. The number of likely N-dealkylation sites (tertiary alicyclic amines) is 1. The molecule has 0 spiro atoms. The summed E-state index contributed by atoms with van der Waals surface area (Å²) in [5.74, 6) is -0.406. The fourth-order valence-corrected chi connectivity index (χ4v) is 8.72. The topological polar surface area (TPSA) is 96.3 Å². The van der Waals surface area contributed by atoms with Crippen LogP contribution in [0.1, 0.15) is 75.8 Å². The number of carbonyl (C=O) groups excluding carboxylic acids is 2. The second kappa shape index (κ2) is 13.4. The van der Waals surface area contributed by atoms with E-state index in [2.05, 4.69) is 47.7 Å². The van der Waals surface area contributed by atoms with Gasteiger partial charge in [-0.3, -0.25) is 14.5 Å². The average Bonchev–Trinajstić information content (AvgIpc) is 3.29. The maximum absolute atomic E-state index is 14.0. The lowest BCUT2D eigenvalue weighted by Crippen LogP contribution is -2.46. The number of hydrogen-bond acceptors (Lipinski definition) is 6. The molecular formula is C35H41BINO6. The summed E-state index contributed by atoms with van der Waals surface area (Å²) in [5.41, 5.74) is 5.44. The molecule has 4 aliphatic rings. The standard InChI is InChI=1S/C35H41BINO6/c1-3-22-19-26-32(35(41)38(34(26)40)25-12-8-5-9-13-25)27-20-36(42)44-29(31(22)27)15-14-24(23-10-6-4-7-11-23)16-21-17-28(37)33(39)30(18-21)43-2/h4,6-7,10-11,16-18,25-27,29,32,39,42H,3,5,8-9,12-15,19-20H2,1-2H3/b24-16-/t26-,27+,29-,32-/m1/s1. The third-order valence-corrected chi connectivity index (χ3v) is 11.0. The number of allylic oxidation sites excluding steroid dienone is 2. The molecule has 44 heavy (non-hydrogen) atoms. The number of hydrogen-bond donors (Lipinski definition) is 2. The maximum atomic E-state index is 14.0. The van der Waals surface area contributed by atoms with E-state index in [1.807, 2.05) is 30.3 Å². The summed E-state index contributed by atoms with van der Waals surface area (Å²) in [7, 11) is 0.563. The summed E-state index contributed by atoms with van der Waals surface area (Å²) in [6.07, 6.45) is 9.91. The van der Waals surface area contributed by atoms with Crippen molar-refractivity contribution in [3.05, 3.63) is 68.3 Å². The van der Waals surface area contributed by atoms with Crippen LogP contribution in [0.15, 0.2) is 53.6 Å². The van der Waals surface area contributed by atoms with Crippen molar-refractivity contribution < 1.29 is 29.1 Å². The van der Waals surface area contributed by atoms with E-state index >= 15 is 0 Å². The van der Waals surface area contributed by atoms with Crippen molar-refractivity contribution in [2.24, 2.45) is 17.8 Å². The molecule has 3 fully saturated rings. The van der Waals surface area contributed by atoms with E-state index < -0.39 is 13.0 Å². The molecule has 6 rings (SSSR count). The number of methoxy groups -OCH3 is 1. The van der Waals surface area contributed by atoms with Crippen LogP contribution in [-0.2, 0) is 14.2 Å². The van der Waals surface area contributed by atoms with E-state index in [-0.39, 0.29) is 41.5 Å². The summed E-state index contributed by atoms with van der Waals surface area (Å²) in [6, 6.07) is 14.0. The number of phenols is 1. The summed E-state index contributed by atoms with van der Waals surface area (Å²) >= 11 is 2.11. The number of phenolic OH excluding ortho intramolecular Hbond substituents is 1. The minimum Gasteiger partial charge on any atom is -0.504 e. The first-order valence-corrected chi connectivity index (χ1v) is 17.1. The zero-order chi connectivity index (χ0) is 31.0. The van der Waals surface area contributed by atoms with E-state index in [1.165, 1.54) is 5.57 Å². The molecule has 232 valence electrons. The van der Waals surface area contributed by atoms with Crippen LogP contribution in [0.25, 0.3) is 11.6 Å². The van der Waals surface area contributed by atoms with Gasteiger partial charge in [-0.2, -0.15) is 0 Å². The smallest absolute Gasteiger partial charge is 0.455 e. The molecule has 2 aromatic carbocycles. The molecule has 2 saturated heterocycles. The number of imide groups is 1. The largest absolute Gasteiger partial charge is 0.504 e. The van der Waals surface area contributed by atoms with Crippen molar-refractivity contribution in [3.8, 4) is 11.5 Å². The summed E-state index contributed by atoms with van der Waals surface area (Å²) in [4.78, 5) is 29.4. The second-order valence-electron chi connectivity index (χ2n) is 12.6. The lowest BCUT2D eigenvalue weighted by Gasteiger charge is -2.43. The van der Waals surface area contributed by atoms with Crippen molar-refractivity contribution in [1.82, 2.24) is 4.90 Å². The lowest BCUT2D eigenvalue weighted by molar-refractivity contribution is -0.143. The van der Waals surface area contributed by atoms with Gasteiger partial charge in [-0.25, -0.2) is 0 Å². The third-order valence-electron chi connectivity index (χ3n) is 10.1. The van der Waals surface area contributed by atoms with Crippen molar-refractivity contribution in [1.29, 1.82) is 0 Å². The number of aromatic hydroxyl groups is 1. The van der Waals surface area contributed by atoms with Crippen molar-refractivity contribution in [3.63, 3.8) is 0 Å². The Kier molecular flexibility index (Phi) is 9.54. The Labute approximate surface area is 274 Å². The molecule has 7 nitrogen and oxygen atoms in total. The second-order valence-corrected chi connectivity index (χ2v) is 13.8. The highest BCUT2D eigenvalue weighted by molar-refractivity contribution is 14.1. The van der Waals surface area contributed by atoms with E-state index in [0.717, 1.165) is 60.8 Å². The van der Waals surface area contributed by atoms with Crippen molar-refractivity contribution >= 4 is 53.2 Å². The van der Waals surface area contributed by atoms with Gasteiger partial charge >= 0.3 is 7.12 Å². The zero-order valence-electron chi connectivity index (χ0n) is 25.5. The highest BCUT2D eigenvalue weighted by Crippen LogP contribution is 2.52. The average molecular weight is 709 g/mol. The first-order chi connectivity index (χ1) is 21.3. The lowest BCUT2D eigenvalue weighted by atomic mass is 9.58. The van der Waals surface area contributed by atoms with Crippen molar-refractivity contribution in [2.45, 2.75) is 83.2 Å². The number of benzene rings is 2. The summed E-state index contributed by atoms with van der Waals surface area (Å²) in [5, 5.41) is 21.4. The molecular weight excluding hydrogens is 668 g/mol.